The number of hydrogen-bond donors (Lipinski definition) is 1. The van der Waals surface area contributed by atoms with Gasteiger partial charge in [-0.3, -0.25) is 10.1 Å². The highest BCUT2D eigenvalue weighted by atomic mass is 79.9. The number of rotatable bonds is 4. The molecule has 0 aliphatic heterocycles. The second-order valence-electron chi connectivity index (χ2n) is 4.06. The summed E-state index contributed by atoms with van der Waals surface area (Å²) in [7, 11) is 0. The van der Waals surface area contributed by atoms with Crippen molar-refractivity contribution in [2.24, 2.45) is 0 Å². The highest BCUT2D eigenvalue weighted by Crippen LogP contribution is 2.21. The molecule has 0 fully saturated rings. The van der Waals surface area contributed by atoms with Crippen molar-refractivity contribution in [3.63, 3.8) is 0 Å². The van der Waals surface area contributed by atoms with Crippen molar-refractivity contribution in [2.75, 3.05) is 5.32 Å². The van der Waals surface area contributed by atoms with Gasteiger partial charge in [0.25, 0.3) is 5.69 Å². The van der Waals surface area contributed by atoms with E-state index in [4.69, 9.17) is 0 Å². The fourth-order valence-electron chi connectivity index (χ4n) is 1.65. The van der Waals surface area contributed by atoms with Gasteiger partial charge in [0.15, 0.2) is 0 Å². The molecule has 0 saturated carbocycles. The highest BCUT2D eigenvalue weighted by Gasteiger charge is 2.09. The van der Waals surface area contributed by atoms with E-state index in [1.54, 1.807) is 0 Å². The minimum absolute atomic E-state index is 0.191. The van der Waals surface area contributed by atoms with E-state index in [1.165, 1.54) is 30.3 Å². The molecule has 0 atom stereocenters. The van der Waals surface area contributed by atoms with Crippen molar-refractivity contribution in [2.45, 2.75) is 6.54 Å². The summed E-state index contributed by atoms with van der Waals surface area (Å²) in [6.07, 6.45) is 0. The molecule has 0 radical (unpaired) electrons. The fourth-order valence-corrected chi connectivity index (χ4v) is 2.03. The molecule has 0 saturated heterocycles. The van der Waals surface area contributed by atoms with Gasteiger partial charge in [-0.05, 0) is 45.8 Å². The van der Waals surface area contributed by atoms with Gasteiger partial charge in [-0.15, -0.1) is 0 Å². The molecule has 0 aliphatic rings. The van der Waals surface area contributed by atoms with Gasteiger partial charge in [-0.1, -0.05) is 0 Å². The van der Waals surface area contributed by atoms with Crippen molar-refractivity contribution in [3.05, 3.63) is 68.2 Å². The van der Waals surface area contributed by atoms with Crippen LogP contribution in [-0.2, 0) is 6.54 Å². The molecule has 4 nitrogen and oxygen atoms in total. The van der Waals surface area contributed by atoms with Crippen LogP contribution >= 0.6 is 15.9 Å². The molecule has 0 aromatic heterocycles. The first-order valence-electron chi connectivity index (χ1n) is 5.58. The molecule has 2 aromatic rings. The van der Waals surface area contributed by atoms with Crippen molar-refractivity contribution in [1.29, 1.82) is 0 Å². The number of halogens is 3. The Morgan fingerprint density at radius 1 is 1.20 bits per heavy atom. The van der Waals surface area contributed by atoms with E-state index >= 15 is 0 Å². The molecule has 0 heterocycles. The topological polar surface area (TPSA) is 55.2 Å². The van der Waals surface area contributed by atoms with Crippen LogP contribution in [0.2, 0.25) is 0 Å². The van der Waals surface area contributed by atoms with Crippen molar-refractivity contribution in [1.82, 2.24) is 0 Å². The van der Waals surface area contributed by atoms with Crippen LogP contribution in [-0.4, -0.2) is 4.92 Å². The maximum atomic E-state index is 13.2. The van der Waals surface area contributed by atoms with Gasteiger partial charge in [0.2, 0.25) is 0 Å². The molecule has 0 spiro atoms. The summed E-state index contributed by atoms with van der Waals surface area (Å²) in [6.45, 7) is 0.191. The third-order valence-corrected chi connectivity index (χ3v) is 3.18. The molecule has 1 N–H and O–H groups in total. The first-order valence-corrected chi connectivity index (χ1v) is 6.38. The van der Waals surface area contributed by atoms with Crippen LogP contribution in [0.25, 0.3) is 0 Å². The third kappa shape index (κ3) is 3.51. The fraction of sp³-hybridized carbons (Fsp3) is 0.0769. The highest BCUT2D eigenvalue weighted by molar-refractivity contribution is 9.10. The third-order valence-electron chi connectivity index (χ3n) is 2.57. The number of hydrogen-bond acceptors (Lipinski definition) is 3. The van der Waals surface area contributed by atoms with Crippen molar-refractivity contribution in [3.8, 4) is 0 Å². The maximum Gasteiger partial charge on any atom is 0.272 e. The van der Waals surface area contributed by atoms with Gasteiger partial charge in [-0.2, -0.15) is 0 Å². The smallest absolute Gasteiger partial charge is 0.272 e. The lowest BCUT2D eigenvalue weighted by molar-refractivity contribution is -0.385. The molecule has 104 valence electrons. The molecule has 0 unspecified atom stereocenters. The average molecular weight is 343 g/mol. The summed E-state index contributed by atoms with van der Waals surface area (Å²) in [5.41, 5.74) is 0.740. The van der Waals surface area contributed by atoms with E-state index < -0.39 is 16.6 Å². The SMILES string of the molecule is O=[N+]([O-])c1cc(F)cc(CNc2ccc(F)c(Br)c2)c1. The number of anilines is 1. The molecule has 2 rings (SSSR count). The number of nitrogens with zero attached hydrogens (tertiary/aromatic N) is 1. The van der Waals surface area contributed by atoms with E-state index in [9.17, 15) is 18.9 Å². The monoisotopic (exact) mass is 342 g/mol. The zero-order valence-corrected chi connectivity index (χ0v) is 11.7. The summed E-state index contributed by atoms with van der Waals surface area (Å²) in [6, 6.07) is 7.68. The molecule has 0 bridgehead atoms. The second-order valence-corrected chi connectivity index (χ2v) is 4.91. The van der Waals surface area contributed by atoms with Gasteiger partial charge in [-0.25, -0.2) is 8.78 Å². The van der Waals surface area contributed by atoms with Crippen molar-refractivity contribution >= 4 is 27.3 Å². The Labute approximate surface area is 121 Å². The quantitative estimate of drug-likeness (QED) is 0.667. The average Bonchev–Trinajstić information content (AvgIpc) is 2.39. The van der Waals surface area contributed by atoms with Crippen LogP contribution in [0.5, 0.6) is 0 Å². The maximum absolute atomic E-state index is 13.2. The van der Waals surface area contributed by atoms with Gasteiger partial charge in [0.05, 0.1) is 15.5 Å². The van der Waals surface area contributed by atoms with Gasteiger partial charge < -0.3 is 5.32 Å². The minimum Gasteiger partial charge on any atom is -0.381 e. The Morgan fingerprint density at radius 2 is 1.95 bits per heavy atom. The lowest BCUT2D eigenvalue weighted by Crippen LogP contribution is -2.01. The summed E-state index contributed by atoms with van der Waals surface area (Å²) >= 11 is 3.05. The molecule has 7 heteroatoms. The lowest BCUT2D eigenvalue weighted by Gasteiger charge is -2.07. The van der Waals surface area contributed by atoms with Gasteiger partial charge >= 0.3 is 0 Å². The van der Waals surface area contributed by atoms with Gasteiger partial charge in [0.1, 0.15) is 11.6 Å². The number of benzene rings is 2. The lowest BCUT2D eigenvalue weighted by atomic mass is 10.2. The normalized spacial score (nSPS) is 10.3. The van der Waals surface area contributed by atoms with E-state index in [0.717, 1.165) is 6.07 Å². The Bertz CT molecular complexity index is 665. The van der Waals surface area contributed by atoms with E-state index in [-0.39, 0.29) is 12.2 Å². The molecule has 0 amide bonds. The summed E-state index contributed by atoms with van der Waals surface area (Å²) in [5, 5.41) is 13.6. The second kappa shape index (κ2) is 5.96. The predicted octanol–water partition coefficient (Wildman–Crippen LogP) is 4.25. The van der Waals surface area contributed by atoms with Crippen LogP contribution in [0, 0.1) is 21.7 Å². The Hall–Kier alpha value is -2.02. The van der Waals surface area contributed by atoms with Gasteiger partial charge in [0, 0.05) is 18.3 Å². The Balaban J connectivity index is 2.14. The number of nitro benzene ring substituents is 1. The van der Waals surface area contributed by atoms with E-state index in [0.29, 0.717) is 15.7 Å². The summed E-state index contributed by atoms with van der Waals surface area (Å²) in [5.74, 6) is -1.06. The molecule has 20 heavy (non-hydrogen) atoms. The van der Waals surface area contributed by atoms with Crippen LogP contribution in [0.15, 0.2) is 40.9 Å². The van der Waals surface area contributed by atoms with Crippen molar-refractivity contribution < 1.29 is 13.7 Å². The van der Waals surface area contributed by atoms with Crippen LogP contribution in [0.1, 0.15) is 5.56 Å². The number of nitrogens with one attached hydrogen (secondary N) is 1. The standard InChI is InChI=1S/C13H9BrF2N2O2/c14-12-6-10(1-2-13(12)16)17-7-8-3-9(15)5-11(4-8)18(19)20/h1-6,17H,7H2. The number of non-ortho nitro benzene ring substituents is 1. The van der Waals surface area contributed by atoms with Crippen LogP contribution in [0.3, 0.4) is 0 Å². The van der Waals surface area contributed by atoms with Crippen LogP contribution < -0.4 is 5.32 Å². The zero-order valence-electron chi connectivity index (χ0n) is 10.1. The molecule has 2 aromatic carbocycles. The Morgan fingerprint density at radius 3 is 2.60 bits per heavy atom. The predicted molar refractivity (Wildman–Crippen MR) is 74.5 cm³/mol. The first-order chi connectivity index (χ1) is 9.45. The molecular formula is C13H9BrF2N2O2. The van der Waals surface area contributed by atoms with E-state index in [1.807, 2.05) is 0 Å². The first kappa shape index (κ1) is 14.4. The Kier molecular flexibility index (Phi) is 4.29. The summed E-state index contributed by atoms with van der Waals surface area (Å²) < 4.78 is 26.6. The molecular weight excluding hydrogens is 334 g/mol. The van der Waals surface area contributed by atoms with Crippen LogP contribution in [0.4, 0.5) is 20.2 Å². The largest absolute Gasteiger partial charge is 0.381 e. The van der Waals surface area contributed by atoms with E-state index in [2.05, 4.69) is 21.2 Å². The zero-order chi connectivity index (χ0) is 14.7. The molecule has 0 aliphatic carbocycles. The number of nitro groups is 1. The summed E-state index contributed by atoms with van der Waals surface area (Å²) in [4.78, 5) is 9.98. The minimum atomic E-state index is -0.670.